The van der Waals surface area contributed by atoms with E-state index in [2.05, 4.69) is 10.1 Å². The minimum absolute atomic E-state index is 0.241. The normalized spacial score (nSPS) is 20.8. The highest BCUT2D eigenvalue weighted by Gasteiger charge is 2.23. The predicted octanol–water partition coefficient (Wildman–Crippen LogP) is 2.21. The fourth-order valence-corrected chi connectivity index (χ4v) is 2.46. The number of ether oxygens (including phenoxy) is 1. The van der Waals surface area contributed by atoms with Crippen LogP contribution >= 0.6 is 0 Å². The van der Waals surface area contributed by atoms with Gasteiger partial charge in [-0.2, -0.15) is 4.98 Å². The first-order chi connectivity index (χ1) is 9.83. The zero-order chi connectivity index (χ0) is 13.8. The molecule has 0 aliphatic carbocycles. The molecule has 20 heavy (non-hydrogen) atoms. The van der Waals surface area contributed by atoms with E-state index in [4.69, 9.17) is 15.0 Å². The van der Waals surface area contributed by atoms with Crippen molar-refractivity contribution in [3.05, 3.63) is 47.6 Å². The predicted molar refractivity (Wildman–Crippen MR) is 74.2 cm³/mol. The molecule has 2 atom stereocenters. The van der Waals surface area contributed by atoms with Gasteiger partial charge in [-0.3, -0.25) is 0 Å². The molecule has 0 amide bonds. The number of benzene rings is 1. The Labute approximate surface area is 118 Å². The van der Waals surface area contributed by atoms with E-state index in [-0.39, 0.29) is 12.0 Å². The topological polar surface area (TPSA) is 74.2 Å². The van der Waals surface area contributed by atoms with Crippen LogP contribution < -0.4 is 5.73 Å². The molecule has 2 N–H and O–H groups in total. The first kappa shape index (κ1) is 13.3. The monoisotopic (exact) mass is 273 g/mol. The standard InChI is InChI=1S/C15H19N3O2/c16-13(9-11-5-2-1-3-6-11)15-17-14(18-20-15)12-7-4-8-19-10-12/h1-3,5-6,12-13H,4,7-10,16H2/t12?,13-/m1/s1. The fraction of sp³-hybridized carbons (Fsp3) is 0.467. The van der Waals surface area contributed by atoms with Crippen molar-refractivity contribution in [2.24, 2.45) is 5.73 Å². The van der Waals surface area contributed by atoms with Crippen LogP contribution in [0.2, 0.25) is 0 Å². The van der Waals surface area contributed by atoms with Gasteiger partial charge in [0.1, 0.15) is 0 Å². The first-order valence-electron chi connectivity index (χ1n) is 7.03. The molecular weight excluding hydrogens is 254 g/mol. The van der Waals surface area contributed by atoms with Crippen LogP contribution in [0.15, 0.2) is 34.9 Å². The SMILES string of the molecule is N[C@H](Cc1ccccc1)c1nc(C2CCCOC2)no1. The minimum Gasteiger partial charge on any atom is -0.381 e. The van der Waals surface area contributed by atoms with Gasteiger partial charge in [0.05, 0.1) is 12.6 Å². The lowest BCUT2D eigenvalue weighted by Gasteiger charge is -2.18. The van der Waals surface area contributed by atoms with Gasteiger partial charge in [0, 0.05) is 12.5 Å². The van der Waals surface area contributed by atoms with Crippen LogP contribution in [-0.4, -0.2) is 23.4 Å². The average Bonchev–Trinajstić information content (AvgIpc) is 2.99. The summed E-state index contributed by atoms with van der Waals surface area (Å²) in [6.07, 6.45) is 2.79. The molecule has 106 valence electrons. The van der Waals surface area contributed by atoms with E-state index in [1.54, 1.807) is 0 Å². The van der Waals surface area contributed by atoms with Crippen molar-refractivity contribution in [3.63, 3.8) is 0 Å². The molecule has 0 radical (unpaired) electrons. The van der Waals surface area contributed by atoms with Gasteiger partial charge < -0.3 is 15.0 Å². The molecular formula is C15H19N3O2. The third-order valence-corrected chi connectivity index (χ3v) is 3.60. The van der Waals surface area contributed by atoms with Gasteiger partial charge in [0.15, 0.2) is 5.82 Å². The van der Waals surface area contributed by atoms with E-state index in [9.17, 15) is 0 Å². The van der Waals surface area contributed by atoms with Crippen molar-refractivity contribution < 1.29 is 9.26 Å². The number of nitrogens with zero attached hydrogens (tertiary/aromatic N) is 2. The molecule has 1 saturated heterocycles. The maximum atomic E-state index is 6.14. The van der Waals surface area contributed by atoms with Crippen LogP contribution in [0.1, 0.15) is 42.1 Å². The van der Waals surface area contributed by atoms with Gasteiger partial charge in [-0.05, 0) is 24.8 Å². The van der Waals surface area contributed by atoms with Gasteiger partial charge in [0.25, 0.3) is 0 Å². The molecule has 5 heteroatoms. The smallest absolute Gasteiger partial charge is 0.243 e. The largest absolute Gasteiger partial charge is 0.381 e. The van der Waals surface area contributed by atoms with E-state index in [0.717, 1.165) is 25.3 Å². The summed E-state index contributed by atoms with van der Waals surface area (Å²) in [6, 6.07) is 9.82. The molecule has 1 aromatic carbocycles. The second-order valence-electron chi connectivity index (χ2n) is 5.20. The van der Waals surface area contributed by atoms with E-state index in [0.29, 0.717) is 18.9 Å². The third-order valence-electron chi connectivity index (χ3n) is 3.60. The van der Waals surface area contributed by atoms with E-state index >= 15 is 0 Å². The summed E-state index contributed by atoms with van der Waals surface area (Å²) < 4.78 is 10.8. The van der Waals surface area contributed by atoms with Crippen molar-refractivity contribution in [2.45, 2.75) is 31.2 Å². The number of aromatic nitrogens is 2. The van der Waals surface area contributed by atoms with Gasteiger partial charge in [-0.1, -0.05) is 35.5 Å². The number of hydrogen-bond acceptors (Lipinski definition) is 5. The van der Waals surface area contributed by atoms with Crippen molar-refractivity contribution in [1.29, 1.82) is 0 Å². The molecule has 1 unspecified atom stereocenters. The minimum atomic E-state index is -0.261. The third kappa shape index (κ3) is 3.05. The highest BCUT2D eigenvalue weighted by Crippen LogP contribution is 2.24. The molecule has 5 nitrogen and oxygen atoms in total. The Bertz CT molecular complexity index is 535. The fourth-order valence-electron chi connectivity index (χ4n) is 2.46. The van der Waals surface area contributed by atoms with Crippen LogP contribution in [0.3, 0.4) is 0 Å². The summed E-state index contributed by atoms with van der Waals surface area (Å²) in [7, 11) is 0. The Morgan fingerprint density at radius 1 is 1.30 bits per heavy atom. The summed E-state index contributed by atoms with van der Waals surface area (Å²) in [5.41, 5.74) is 7.31. The lowest BCUT2D eigenvalue weighted by Crippen LogP contribution is -2.17. The molecule has 1 aliphatic heterocycles. The average molecular weight is 273 g/mol. The Kier molecular flexibility index (Phi) is 4.08. The lowest BCUT2D eigenvalue weighted by atomic mass is 10.0. The molecule has 3 rings (SSSR count). The second-order valence-corrected chi connectivity index (χ2v) is 5.20. The van der Waals surface area contributed by atoms with Crippen LogP contribution in [0.4, 0.5) is 0 Å². The van der Waals surface area contributed by atoms with Crippen molar-refractivity contribution >= 4 is 0 Å². The zero-order valence-electron chi connectivity index (χ0n) is 11.4. The molecule has 2 heterocycles. The number of hydrogen-bond donors (Lipinski definition) is 1. The molecule has 1 fully saturated rings. The van der Waals surface area contributed by atoms with Crippen LogP contribution in [0.25, 0.3) is 0 Å². The molecule has 1 aromatic heterocycles. The Balaban J connectivity index is 1.66. The molecule has 1 aliphatic rings. The van der Waals surface area contributed by atoms with E-state index in [1.165, 1.54) is 5.56 Å². The lowest BCUT2D eigenvalue weighted by molar-refractivity contribution is 0.0773. The van der Waals surface area contributed by atoms with E-state index in [1.807, 2.05) is 30.3 Å². The quantitative estimate of drug-likeness (QED) is 0.924. The second kappa shape index (κ2) is 6.15. The summed E-state index contributed by atoms with van der Waals surface area (Å²) in [6.45, 7) is 1.50. The van der Waals surface area contributed by atoms with Gasteiger partial charge in [-0.15, -0.1) is 0 Å². The summed E-state index contributed by atoms with van der Waals surface area (Å²) in [5.74, 6) is 1.47. The Morgan fingerprint density at radius 2 is 2.15 bits per heavy atom. The number of rotatable bonds is 4. The summed E-state index contributed by atoms with van der Waals surface area (Å²) >= 11 is 0. The van der Waals surface area contributed by atoms with Crippen LogP contribution in [0, 0.1) is 0 Å². The Hall–Kier alpha value is -1.72. The highest BCUT2D eigenvalue weighted by molar-refractivity contribution is 5.16. The van der Waals surface area contributed by atoms with Gasteiger partial charge in [-0.25, -0.2) is 0 Å². The van der Waals surface area contributed by atoms with Crippen molar-refractivity contribution in [1.82, 2.24) is 10.1 Å². The molecule has 0 bridgehead atoms. The zero-order valence-corrected chi connectivity index (χ0v) is 11.4. The highest BCUT2D eigenvalue weighted by atomic mass is 16.5. The molecule has 0 spiro atoms. The van der Waals surface area contributed by atoms with Gasteiger partial charge >= 0.3 is 0 Å². The maximum Gasteiger partial charge on any atom is 0.243 e. The summed E-state index contributed by atoms with van der Waals surface area (Å²) in [4.78, 5) is 4.45. The Morgan fingerprint density at radius 3 is 2.90 bits per heavy atom. The van der Waals surface area contributed by atoms with Crippen molar-refractivity contribution in [3.8, 4) is 0 Å². The number of nitrogens with two attached hydrogens (primary N) is 1. The molecule has 0 saturated carbocycles. The van der Waals surface area contributed by atoms with Crippen LogP contribution in [0.5, 0.6) is 0 Å². The van der Waals surface area contributed by atoms with Crippen LogP contribution in [-0.2, 0) is 11.2 Å². The molecule has 2 aromatic rings. The van der Waals surface area contributed by atoms with Crippen molar-refractivity contribution in [2.75, 3.05) is 13.2 Å². The van der Waals surface area contributed by atoms with E-state index < -0.39 is 0 Å². The summed E-state index contributed by atoms with van der Waals surface area (Å²) in [5, 5.41) is 4.06. The maximum absolute atomic E-state index is 6.14. The first-order valence-corrected chi connectivity index (χ1v) is 7.03. The van der Waals surface area contributed by atoms with Gasteiger partial charge in [0.2, 0.25) is 5.89 Å².